The van der Waals surface area contributed by atoms with Gasteiger partial charge in [0.1, 0.15) is 5.15 Å². The number of pyridine rings is 1. The van der Waals surface area contributed by atoms with Crippen molar-refractivity contribution in [1.82, 2.24) is 15.2 Å². The Hall–Kier alpha value is -1.13. The SMILES string of the molecule is CC(CNC(=O)c1cccnc1Cl)CN1CCCCC1. The van der Waals surface area contributed by atoms with Crippen LogP contribution in [0.5, 0.6) is 0 Å². The van der Waals surface area contributed by atoms with E-state index in [1.807, 2.05) is 0 Å². The summed E-state index contributed by atoms with van der Waals surface area (Å²) in [7, 11) is 0. The largest absolute Gasteiger partial charge is 0.352 e. The number of carbonyl (C=O) groups excluding carboxylic acids is 1. The van der Waals surface area contributed by atoms with Crippen molar-refractivity contribution in [1.29, 1.82) is 0 Å². The number of aromatic nitrogens is 1. The van der Waals surface area contributed by atoms with E-state index in [-0.39, 0.29) is 11.1 Å². The Kier molecular flexibility index (Phi) is 5.80. The predicted octanol–water partition coefficient (Wildman–Crippen LogP) is 2.59. The van der Waals surface area contributed by atoms with Gasteiger partial charge in [-0.1, -0.05) is 24.9 Å². The van der Waals surface area contributed by atoms with E-state index in [0.29, 0.717) is 18.0 Å². The normalized spacial score (nSPS) is 17.7. The van der Waals surface area contributed by atoms with Crippen LogP contribution in [-0.2, 0) is 0 Å². The van der Waals surface area contributed by atoms with Crippen molar-refractivity contribution >= 4 is 17.5 Å². The molecule has 0 aliphatic carbocycles. The van der Waals surface area contributed by atoms with Gasteiger partial charge in [0.2, 0.25) is 0 Å². The zero-order chi connectivity index (χ0) is 14.4. The summed E-state index contributed by atoms with van der Waals surface area (Å²) in [4.78, 5) is 18.4. The average Bonchev–Trinajstić information content (AvgIpc) is 2.46. The van der Waals surface area contributed by atoms with Crippen molar-refractivity contribution < 1.29 is 4.79 Å². The van der Waals surface area contributed by atoms with Gasteiger partial charge in [-0.05, 0) is 44.0 Å². The molecule has 1 fully saturated rings. The first-order valence-corrected chi connectivity index (χ1v) is 7.65. The number of nitrogens with zero attached hydrogens (tertiary/aromatic N) is 2. The molecule has 1 atom stereocenters. The first kappa shape index (κ1) is 15.3. The fraction of sp³-hybridized carbons (Fsp3) is 0.600. The molecule has 1 N–H and O–H groups in total. The molecule has 0 saturated carbocycles. The van der Waals surface area contributed by atoms with Crippen molar-refractivity contribution in [3.8, 4) is 0 Å². The lowest BCUT2D eigenvalue weighted by atomic mass is 10.1. The number of nitrogens with one attached hydrogen (secondary N) is 1. The number of amides is 1. The minimum Gasteiger partial charge on any atom is -0.352 e. The smallest absolute Gasteiger partial charge is 0.254 e. The molecule has 1 aromatic heterocycles. The summed E-state index contributed by atoms with van der Waals surface area (Å²) in [6.07, 6.45) is 5.52. The Morgan fingerprint density at radius 2 is 2.20 bits per heavy atom. The Bertz CT molecular complexity index is 446. The van der Waals surface area contributed by atoms with Crippen molar-refractivity contribution in [2.24, 2.45) is 5.92 Å². The van der Waals surface area contributed by atoms with Gasteiger partial charge in [0.25, 0.3) is 5.91 Å². The first-order valence-electron chi connectivity index (χ1n) is 7.28. The summed E-state index contributed by atoms with van der Waals surface area (Å²) in [5.41, 5.74) is 0.444. The van der Waals surface area contributed by atoms with Crippen LogP contribution in [0.1, 0.15) is 36.5 Å². The maximum atomic E-state index is 12.0. The third-order valence-corrected chi connectivity index (χ3v) is 3.93. The summed E-state index contributed by atoms with van der Waals surface area (Å²) in [6, 6.07) is 3.41. The van der Waals surface area contributed by atoms with Gasteiger partial charge in [-0.25, -0.2) is 4.98 Å². The number of likely N-dealkylation sites (tertiary alicyclic amines) is 1. The molecule has 2 heterocycles. The quantitative estimate of drug-likeness (QED) is 0.849. The van der Waals surface area contributed by atoms with Crippen LogP contribution in [0.15, 0.2) is 18.3 Å². The molecule has 0 aromatic carbocycles. The maximum Gasteiger partial charge on any atom is 0.254 e. The molecule has 1 saturated heterocycles. The van der Waals surface area contributed by atoms with Gasteiger partial charge >= 0.3 is 0 Å². The van der Waals surface area contributed by atoms with Crippen LogP contribution in [0.25, 0.3) is 0 Å². The molecule has 1 aliphatic heterocycles. The fourth-order valence-corrected chi connectivity index (χ4v) is 2.77. The number of hydrogen-bond donors (Lipinski definition) is 1. The third-order valence-electron chi connectivity index (χ3n) is 3.63. The van der Waals surface area contributed by atoms with E-state index in [2.05, 4.69) is 22.1 Å². The molecule has 0 spiro atoms. The number of halogens is 1. The molecule has 0 radical (unpaired) electrons. The number of hydrogen-bond acceptors (Lipinski definition) is 3. The topological polar surface area (TPSA) is 45.2 Å². The van der Waals surface area contributed by atoms with E-state index in [9.17, 15) is 4.79 Å². The van der Waals surface area contributed by atoms with Crippen LogP contribution < -0.4 is 5.32 Å². The summed E-state index contributed by atoms with van der Waals surface area (Å²) >= 11 is 5.91. The van der Waals surface area contributed by atoms with Gasteiger partial charge < -0.3 is 10.2 Å². The molecule has 4 nitrogen and oxygen atoms in total. The molecule has 1 unspecified atom stereocenters. The van der Waals surface area contributed by atoms with Crippen LogP contribution in [0, 0.1) is 5.92 Å². The number of piperidine rings is 1. The zero-order valence-corrected chi connectivity index (χ0v) is 12.7. The van der Waals surface area contributed by atoms with E-state index < -0.39 is 0 Å². The zero-order valence-electron chi connectivity index (χ0n) is 11.9. The van der Waals surface area contributed by atoms with E-state index >= 15 is 0 Å². The van der Waals surface area contributed by atoms with Gasteiger partial charge in [-0.15, -0.1) is 0 Å². The second kappa shape index (κ2) is 7.60. The lowest BCUT2D eigenvalue weighted by molar-refractivity contribution is 0.0942. The van der Waals surface area contributed by atoms with E-state index in [4.69, 9.17) is 11.6 Å². The highest BCUT2D eigenvalue weighted by atomic mass is 35.5. The number of carbonyl (C=O) groups is 1. The second-order valence-corrected chi connectivity index (χ2v) is 5.88. The van der Waals surface area contributed by atoms with E-state index in [1.165, 1.54) is 32.4 Å². The van der Waals surface area contributed by atoms with Gasteiger partial charge in [0.15, 0.2) is 0 Å². The van der Waals surface area contributed by atoms with E-state index in [1.54, 1.807) is 18.3 Å². The van der Waals surface area contributed by atoms with Crippen molar-refractivity contribution in [3.63, 3.8) is 0 Å². The lowest BCUT2D eigenvalue weighted by Crippen LogP contribution is -2.38. The molecule has 1 amide bonds. The minimum absolute atomic E-state index is 0.145. The summed E-state index contributed by atoms with van der Waals surface area (Å²) < 4.78 is 0. The average molecular weight is 296 g/mol. The summed E-state index contributed by atoms with van der Waals surface area (Å²) in [6.45, 7) is 6.25. The van der Waals surface area contributed by atoms with Gasteiger partial charge in [0.05, 0.1) is 5.56 Å². The highest BCUT2D eigenvalue weighted by molar-refractivity contribution is 6.32. The highest BCUT2D eigenvalue weighted by Gasteiger charge is 2.15. The maximum absolute atomic E-state index is 12.0. The molecule has 110 valence electrons. The van der Waals surface area contributed by atoms with Crippen LogP contribution in [0.4, 0.5) is 0 Å². The van der Waals surface area contributed by atoms with Crippen molar-refractivity contribution in [2.45, 2.75) is 26.2 Å². The van der Waals surface area contributed by atoms with Crippen LogP contribution in [0.3, 0.4) is 0 Å². The molecule has 0 bridgehead atoms. The van der Waals surface area contributed by atoms with Crippen molar-refractivity contribution in [2.75, 3.05) is 26.2 Å². The van der Waals surface area contributed by atoms with Crippen LogP contribution in [0.2, 0.25) is 5.15 Å². The second-order valence-electron chi connectivity index (χ2n) is 5.52. The standard InChI is InChI=1S/C15H22ClN3O/c1-12(11-19-8-3-2-4-9-19)10-18-15(20)13-6-5-7-17-14(13)16/h5-7,12H,2-4,8-11H2,1H3,(H,18,20). The Balaban J connectivity index is 1.76. The molecule has 5 heteroatoms. The first-order chi connectivity index (χ1) is 9.66. The Labute approximate surface area is 125 Å². The fourth-order valence-electron chi connectivity index (χ4n) is 2.56. The van der Waals surface area contributed by atoms with Crippen LogP contribution >= 0.6 is 11.6 Å². The van der Waals surface area contributed by atoms with Gasteiger partial charge in [-0.2, -0.15) is 0 Å². The Morgan fingerprint density at radius 3 is 2.90 bits per heavy atom. The Morgan fingerprint density at radius 1 is 1.45 bits per heavy atom. The lowest BCUT2D eigenvalue weighted by Gasteiger charge is -2.29. The number of rotatable bonds is 5. The van der Waals surface area contributed by atoms with Crippen molar-refractivity contribution in [3.05, 3.63) is 29.0 Å². The summed E-state index contributed by atoms with van der Waals surface area (Å²) in [5.74, 6) is 0.293. The molecule has 1 aliphatic rings. The molecular weight excluding hydrogens is 274 g/mol. The monoisotopic (exact) mass is 295 g/mol. The molecule has 20 heavy (non-hydrogen) atoms. The minimum atomic E-state index is -0.145. The predicted molar refractivity (Wildman–Crippen MR) is 81.0 cm³/mol. The van der Waals surface area contributed by atoms with Crippen LogP contribution in [-0.4, -0.2) is 42.0 Å². The van der Waals surface area contributed by atoms with Gasteiger partial charge in [0, 0.05) is 19.3 Å². The third kappa shape index (κ3) is 4.46. The molecular formula is C15H22ClN3O. The van der Waals surface area contributed by atoms with Gasteiger partial charge in [-0.3, -0.25) is 4.79 Å². The molecule has 2 rings (SSSR count). The summed E-state index contributed by atoms with van der Waals surface area (Å²) in [5, 5.41) is 3.20. The molecule has 1 aromatic rings. The highest BCUT2D eigenvalue weighted by Crippen LogP contribution is 2.12. The van der Waals surface area contributed by atoms with E-state index in [0.717, 1.165) is 6.54 Å².